The Kier molecular flexibility index (Phi) is 2.80. The fourth-order valence-electron chi connectivity index (χ4n) is 1.30. The smallest absolute Gasteiger partial charge is 0.258 e. The first-order valence-corrected chi connectivity index (χ1v) is 4.00. The maximum absolute atomic E-state index is 10.7. The van der Waals surface area contributed by atoms with Crippen LogP contribution in [0.2, 0.25) is 0 Å². The fourth-order valence-corrected chi connectivity index (χ4v) is 1.30. The highest BCUT2D eigenvalue weighted by molar-refractivity contribution is 5.47. The van der Waals surface area contributed by atoms with Crippen molar-refractivity contribution in [3.8, 4) is 0 Å². The molecular formula is C10H11NO2. The molecule has 3 heteroatoms. The average molecular weight is 177 g/mol. The second kappa shape index (κ2) is 3.85. The van der Waals surface area contributed by atoms with Gasteiger partial charge in [0.15, 0.2) is 0 Å². The number of allylic oxidation sites excluding steroid dienone is 1. The van der Waals surface area contributed by atoms with Gasteiger partial charge < -0.3 is 0 Å². The molecule has 1 aromatic rings. The summed E-state index contributed by atoms with van der Waals surface area (Å²) in [6.45, 7) is 5.30. The SMILES string of the molecule is C=CCc1cccc(C)c1[N+](=O)[O-]. The van der Waals surface area contributed by atoms with Crippen LogP contribution < -0.4 is 0 Å². The number of hydrogen-bond acceptors (Lipinski definition) is 2. The number of nitro benzene ring substituents is 1. The minimum atomic E-state index is -0.339. The summed E-state index contributed by atoms with van der Waals surface area (Å²) < 4.78 is 0. The van der Waals surface area contributed by atoms with Crippen LogP contribution in [0.1, 0.15) is 11.1 Å². The third-order valence-electron chi connectivity index (χ3n) is 1.87. The highest BCUT2D eigenvalue weighted by Gasteiger charge is 2.14. The molecule has 0 fully saturated rings. The number of rotatable bonds is 3. The van der Waals surface area contributed by atoms with E-state index in [1.54, 1.807) is 25.1 Å². The van der Waals surface area contributed by atoms with Gasteiger partial charge in [0.2, 0.25) is 0 Å². The van der Waals surface area contributed by atoms with Crippen molar-refractivity contribution >= 4 is 5.69 Å². The molecule has 0 spiro atoms. The largest absolute Gasteiger partial charge is 0.275 e. The predicted molar refractivity (Wildman–Crippen MR) is 51.7 cm³/mol. The van der Waals surface area contributed by atoms with Crippen molar-refractivity contribution in [1.29, 1.82) is 0 Å². The quantitative estimate of drug-likeness (QED) is 0.404. The summed E-state index contributed by atoms with van der Waals surface area (Å²) in [5.74, 6) is 0. The molecule has 0 aromatic heterocycles. The van der Waals surface area contributed by atoms with Crippen LogP contribution in [-0.2, 0) is 6.42 Å². The highest BCUT2D eigenvalue weighted by atomic mass is 16.6. The molecule has 0 unspecified atom stereocenters. The zero-order valence-electron chi connectivity index (χ0n) is 7.49. The van der Waals surface area contributed by atoms with E-state index < -0.39 is 0 Å². The molecule has 0 bridgehead atoms. The van der Waals surface area contributed by atoms with Crippen LogP contribution in [0.4, 0.5) is 5.69 Å². The first-order valence-electron chi connectivity index (χ1n) is 4.00. The number of para-hydroxylation sites is 1. The van der Waals surface area contributed by atoms with Crippen LogP contribution in [0.5, 0.6) is 0 Å². The molecule has 0 radical (unpaired) electrons. The van der Waals surface area contributed by atoms with Gasteiger partial charge >= 0.3 is 0 Å². The lowest BCUT2D eigenvalue weighted by Crippen LogP contribution is -1.96. The molecule has 0 heterocycles. The van der Waals surface area contributed by atoms with Crippen molar-refractivity contribution in [2.45, 2.75) is 13.3 Å². The fraction of sp³-hybridized carbons (Fsp3) is 0.200. The number of hydrogen-bond donors (Lipinski definition) is 0. The second-order valence-electron chi connectivity index (χ2n) is 2.83. The molecule has 1 aromatic carbocycles. The van der Waals surface area contributed by atoms with E-state index in [4.69, 9.17) is 0 Å². The number of nitro groups is 1. The van der Waals surface area contributed by atoms with Crippen molar-refractivity contribution in [3.63, 3.8) is 0 Å². The van der Waals surface area contributed by atoms with Crippen molar-refractivity contribution in [3.05, 3.63) is 52.1 Å². The van der Waals surface area contributed by atoms with E-state index in [9.17, 15) is 10.1 Å². The van der Waals surface area contributed by atoms with Gasteiger partial charge in [0.05, 0.1) is 4.92 Å². The zero-order valence-corrected chi connectivity index (χ0v) is 7.49. The lowest BCUT2D eigenvalue weighted by Gasteiger charge is -2.01. The molecule has 13 heavy (non-hydrogen) atoms. The summed E-state index contributed by atoms with van der Waals surface area (Å²) in [5, 5.41) is 10.7. The van der Waals surface area contributed by atoms with E-state index >= 15 is 0 Å². The molecule has 0 amide bonds. The maximum Gasteiger partial charge on any atom is 0.275 e. The molecular weight excluding hydrogens is 166 g/mol. The van der Waals surface area contributed by atoms with Gasteiger partial charge in [-0.3, -0.25) is 10.1 Å². The van der Waals surface area contributed by atoms with Crippen LogP contribution >= 0.6 is 0 Å². The molecule has 0 aliphatic rings. The number of benzene rings is 1. The maximum atomic E-state index is 10.7. The van der Waals surface area contributed by atoms with Gasteiger partial charge in [-0.1, -0.05) is 24.3 Å². The van der Waals surface area contributed by atoms with E-state index in [-0.39, 0.29) is 10.6 Å². The van der Waals surface area contributed by atoms with Gasteiger partial charge in [-0.2, -0.15) is 0 Å². The van der Waals surface area contributed by atoms with E-state index in [0.29, 0.717) is 12.0 Å². The van der Waals surface area contributed by atoms with Crippen molar-refractivity contribution < 1.29 is 4.92 Å². The van der Waals surface area contributed by atoms with E-state index in [2.05, 4.69) is 6.58 Å². The monoisotopic (exact) mass is 177 g/mol. The van der Waals surface area contributed by atoms with Gasteiger partial charge in [-0.15, -0.1) is 6.58 Å². The van der Waals surface area contributed by atoms with Crippen molar-refractivity contribution in [1.82, 2.24) is 0 Å². The molecule has 3 nitrogen and oxygen atoms in total. The number of nitrogens with zero attached hydrogens (tertiary/aromatic N) is 1. The van der Waals surface area contributed by atoms with Gasteiger partial charge in [0.1, 0.15) is 0 Å². The van der Waals surface area contributed by atoms with Gasteiger partial charge in [0.25, 0.3) is 5.69 Å². The van der Waals surface area contributed by atoms with Crippen molar-refractivity contribution in [2.24, 2.45) is 0 Å². The number of aryl methyl sites for hydroxylation is 1. The Hall–Kier alpha value is -1.64. The predicted octanol–water partition coefficient (Wildman–Crippen LogP) is 2.63. The van der Waals surface area contributed by atoms with Gasteiger partial charge in [0, 0.05) is 11.1 Å². The minimum absolute atomic E-state index is 0.211. The molecule has 1 rings (SSSR count). The third-order valence-corrected chi connectivity index (χ3v) is 1.87. The van der Waals surface area contributed by atoms with Crippen LogP contribution in [0, 0.1) is 17.0 Å². The summed E-state index contributed by atoms with van der Waals surface area (Å²) >= 11 is 0. The Balaban J connectivity index is 3.25. The Bertz CT molecular complexity index is 345. The average Bonchev–Trinajstić information content (AvgIpc) is 2.04. The first-order chi connectivity index (χ1) is 6.16. The lowest BCUT2D eigenvalue weighted by atomic mass is 10.1. The molecule has 0 saturated carbocycles. The highest BCUT2D eigenvalue weighted by Crippen LogP contribution is 2.23. The lowest BCUT2D eigenvalue weighted by molar-refractivity contribution is -0.386. The van der Waals surface area contributed by atoms with Gasteiger partial charge in [-0.05, 0) is 13.3 Å². The van der Waals surface area contributed by atoms with Gasteiger partial charge in [-0.25, -0.2) is 0 Å². The Morgan fingerprint density at radius 3 is 2.85 bits per heavy atom. The standard InChI is InChI=1S/C10H11NO2/c1-3-5-9-7-4-6-8(2)10(9)11(12)13/h3-4,6-7H,1,5H2,2H3. The normalized spacial score (nSPS) is 9.62. The Labute approximate surface area is 76.9 Å². The summed E-state index contributed by atoms with van der Waals surface area (Å²) in [6.07, 6.45) is 2.21. The minimum Gasteiger partial charge on any atom is -0.258 e. The van der Waals surface area contributed by atoms with Crippen LogP contribution in [0.3, 0.4) is 0 Å². The molecule has 0 atom stereocenters. The molecule has 68 valence electrons. The third kappa shape index (κ3) is 1.93. The zero-order chi connectivity index (χ0) is 9.84. The summed E-state index contributed by atoms with van der Waals surface area (Å²) in [6, 6.07) is 5.32. The Morgan fingerprint density at radius 1 is 1.62 bits per heavy atom. The summed E-state index contributed by atoms with van der Waals surface area (Å²) in [5.41, 5.74) is 1.63. The summed E-state index contributed by atoms with van der Waals surface area (Å²) in [4.78, 5) is 10.3. The summed E-state index contributed by atoms with van der Waals surface area (Å²) in [7, 11) is 0. The second-order valence-corrected chi connectivity index (χ2v) is 2.83. The topological polar surface area (TPSA) is 43.1 Å². The molecule has 0 saturated heterocycles. The Morgan fingerprint density at radius 2 is 2.31 bits per heavy atom. The first kappa shape index (κ1) is 9.45. The van der Waals surface area contributed by atoms with E-state index in [1.165, 1.54) is 0 Å². The molecule has 0 N–H and O–H groups in total. The van der Waals surface area contributed by atoms with Crippen LogP contribution in [0.25, 0.3) is 0 Å². The molecule has 0 aliphatic heterocycles. The van der Waals surface area contributed by atoms with E-state index in [0.717, 1.165) is 5.56 Å². The van der Waals surface area contributed by atoms with Crippen molar-refractivity contribution in [2.75, 3.05) is 0 Å². The molecule has 0 aliphatic carbocycles. The van der Waals surface area contributed by atoms with Crippen LogP contribution in [0.15, 0.2) is 30.9 Å². The van der Waals surface area contributed by atoms with Crippen LogP contribution in [-0.4, -0.2) is 4.92 Å². The van der Waals surface area contributed by atoms with E-state index in [1.807, 2.05) is 6.07 Å².